The second-order valence-electron chi connectivity index (χ2n) is 5.73. The third kappa shape index (κ3) is 3.19. The number of anilines is 2. The fourth-order valence-electron chi connectivity index (χ4n) is 2.85. The van der Waals surface area contributed by atoms with Crippen molar-refractivity contribution >= 4 is 17.3 Å². The van der Waals surface area contributed by atoms with Crippen LogP contribution in [0.4, 0.5) is 15.8 Å². The van der Waals surface area contributed by atoms with Gasteiger partial charge in [-0.1, -0.05) is 30.3 Å². The van der Waals surface area contributed by atoms with Crippen molar-refractivity contribution in [2.75, 3.05) is 29.9 Å². The molecule has 2 aromatic carbocycles. The van der Waals surface area contributed by atoms with Crippen LogP contribution in [0.1, 0.15) is 18.1 Å². The van der Waals surface area contributed by atoms with Gasteiger partial charge in [-0.05, 0) is 23.8 Å². The average molecular weight is 314 g/mol. The Labute approximate surface area is 134 Å². The van der Waals surface area contributed by atoms with Gasteiger partial charge >= 0.3 is 0 Å². The predicted molar refractivity (Wildman–Crippen MR) is 88.0 cm³/mol. The van der Waals surface area contributed by atoms with E-state index in [1.165, 1.54) is 12.1 Å². The van der Waals surface area contributed by atoms with E-state index in [-0.39, 0.29) is 18.1 Å². The topological polar surface area (TPSA) is 43.8 Å². The van der Waals surface area contributed by atoms with Gasteiger partial charge in [0.05, 0.1) is 23.9 Å². The Balaban J connectivity index is 1.80. The van der Waals surface area contributed by atoms with E-state index < -0.39 is 6.10 Å². The van der Waals surface area contributed by atoms with Crippen LogP contribution in [0, 0.1) is 5.82 Å². The average Bonchev–Trinajstić information content (AvgIpc) is 2.56. The van der Waals surface area contributed by atoms with Crippen molar-refractivity contribution in [2.24, 2.45) is 0 Å². The van der Waals surface area contributed by atoms with Crippen LogP contribution < -0.4 is 9.80 Å². The Morgan fingerprint density at radius 2 is 1.91 bits per heavy atom. The van der Waals surface area contributed by atoms with Gasteiger partial charge in [0.1, 0.15) is 5.82 Å². The molecule has 0 spiro atoms. The first-order valence-corrected chi connectivity index (χ1v) is 7.60. The summed E-state index contributed by atoms with van der Waals surface area (Å²) in [5.41, 5.74) is 2.10. The Morgan fingerprint density at radius 3 is 2.65 bits per heavy atom. The smallest absolute Gasteiger partial charge is 0.230 e. The number of benzene rings is 2. The van der Waals surface area contributed by atoms with Gasteiger partial charge in [0, 0.05) is 20.1 Å². The lowest BCUT2D eigenvalue weighted by molar-refractivity contribution is -0.120. The summed E-state index contributed by atoms with van der Waals surface area (Å²) in [6, 6.07) is 13.5. The third-order valence-corrected chi connectivity index (χ3v) is 4.15. The summed E-state index contributed by atoms with van der Waals surface area (Å²) in [4.78, 5) is 16.1. The molecule has 3 rings (SSSR count). The van der Waals surface area contributed by atoms with Gasteiger partial charge in [0.25, 0.3) is 0 Å². The molecule has 0 saturated heterocycles. The quantitative estimate of drug-likeness (QED) is 0.947. The van der Waals surface area contributed by atoms with E-state index in [1.54, 1.807) is 23.1 Å². The molecule has 0 radical (unpaired) electrons. The highest BCUT2D eigenvalue weighted by molar-refractivity contribution is 5.98. The van der Waals surface area contributed by atoms with Gasteiger partial charge in [-0.2, -0.15) is 0 Å². The molecule has 2 aromatic rings. The summed E-state index contributed by atoms with van der Waals surface area (Å²) < 4.78 is 13.5. The van der Waals surface area contributed by atoms with Crippen LogP contribution in [0.25, 0.3) is 0 Å². The second-order valence-corrected chi connectivity index (χ2v) is 5.73. The van der Waals surface area contributed by atoms with E-state index in [9.17, 15) is 14.3 Å². The molecule has 0 fully saturated rings. The molecule has 23 heavy (non-hydrogen) atoms. The van der Waals surface area contributed by atoms with E-state index in [0.717, 1.165) is 0 Å². The molecule has 0 aromatic heterocycles. The first-order chi connectivity index (χ1) is 11.1. The zero-order valence-corrected chi connectivity index (χ0v) is 12.9. The molecule has 0 saturated carbocycles. The molecule has 0 aliphatic carbocycles. The number of nitrogens with zero attached hydrogens (tertiary/aromatic N) is 2. The van der Waals surface area contributed by atoms with Crippen molar-refractivity contribution in [1.82, 2.24) is 0 Å². The van der Waals surface area contributed by atoms with Gasteiger partial charge < -0.3 is 14.9 Å². The van der Waals surface area contributed by atoms with Gasteiger partial charge in [-0.25, -0.2) is 4.39 Å². The summed E-state index contributed by atoms with van der Waals surface area (Å²) in [6.07, 6.45) is -0.836. The minimum absolute atomic E-state index is 0.00451. The van der Waals surface area contributed by atoms with Crippen molar-refractivity contribution in [2.45, 2.75) is 12.5 Å². The molecule has 4 nitrogen and oxygen atoms in total. The zero-order valence-electron chi connectivity index (χ0n) is 12.9. The lowest BCUT2D eigenvalue weighted by atomic mass is 10.1. The molecule has 1 heterocycles. The third-order valence-electron chi connectivity index (χ3n) is 4.15. The van der Waals surface area contributed by atoms with E-state index in [0.29, 0.717) is 30.0 Å². The molecule has 1 aliphatic rings. The van der Waals surface area contributed by atoms with Gasteiger partial charge in [-0.15, -0.1) is 0 Å². The minimum Gasteiger partial charge on any atom is -0.388 e. The van der Waals surface area contributed by atoms with Crippen LogP contribution in [0.5, 0.6) is 0 Å². The lowest BCUT2D eigenvalue weighted by Gasteiger charge is -2.36. The van der Waals surface area contributed by atoms with Crippen LogP contribution in [0.15, 0.2) is 48.5 Å². The lowest BCUT2D eigenvalue weighted by Crippen LogP contribution is -2.43. The van der Waals surface area contributed by atoms with Gasteiger partial charge in [0.15, 0.2) is 0 Å². The Hall–Kier alpha value is -2.40. The largest absolute Gasteiger partial charge is 0.388 e. The zero-order chi connectivity index (χ0) is 16.4. The van der Waals surface area contributed by atoms with Gasteiger partial charge in [0.2, 0.25) is 5.91 Å². The van der Waals surface area contributed by atoms with Gasteiger partial charge in [-0.3, -0.25) is 4.79 Å². The van der Waals surface area contributed by atoms with Crippen molar-refractivity contribution < 1.29 is 14.3 Å². The maximum Gasteiger partial charge on any atom is 0.230 e. The van der Waals surface area contributed by atoms with Crippen molar-refractivity contribution in [3.05, 3.63) is 59.9 Å². The summed E-state index contributed by atoms with van der Waals surface area (Å²) >= 11 is 0. The van der Waals surface area contributed by atoms with Crippen LogP contribution in [0.2, 0.25) is 0 Å². The maximum absolute atomic E-state index is 13.5. The number of hydrogen-bond acceptors (Lipinski definition) is 3. The molecule has 1 amide bonds. The number of likely N-dealkylation sites (N-methyl/N-ethyl adjacent to an activating group) is 1. The minimum atomic E-state index is -0.841. The highest BCUT2D eigenvalue weighted by atomic mass is 19.1. The number of halogens is 1. The Kier molecular flexibility index (Phi) is 4.30. The highest BCUT2D eigenvalue weighted by Crippen LogP contribution is 2.33. The van der Waals surface area contributed by atoms with E-state index in [1.807, 2.05) is 30.1 Å². The maximum atomic E-state index is 13.5. The highest BCUT2D eigenvalue weighted by Gasteiger charge is 2.27. The normalized spacial score (nSPS) is 15.3. The van der Waals surface area contributed by atoms with Crippen molar-refractivity contribution in [3.63, 3.8) is 0 Å². The Bertz CT molecular complexity index is 705. The van der Waals surface area contributed by atoms with Crippen LogP contribution in [-0.2, 0) is 4.79 Å². The molecule has 120 valence electrons. The standard InChI is InChI=1S/C18H19FN2O2/c1-20-9-10-21(15-8-7-14(19)11-16(15)20)18(23)12-17(22)13-5-3-2-4-6-13/h2-8,11,17,22H,9-10,12H2,1H3. The number of hydrogen-bond donors (Lipinski definition) is 1. The number of carbonyl (C=O) groups excluding carboxylic acids is 1. The molecule has 5 heteroatoms. The van der Waals surface area contributed by atoms with Crippen LogP contribution >= 0.6 is 0 Å². The van der Waals surface area contributed by atoms with Crippen molar-refractivity contribution in [1.29, 1.82) is 0 Å². The predicted octanol–water partition coefficient (Wildman–Crippen LogP) is 2.73. The van der Waals surface area contributed by atoms with Crippen LogP contribution in [0.3, 0.4) is 0 Å². The summed E-state index contributed by atoms with van der Waals surface area (Å²) in [5, 5.41) is 10.2. The number of aliphatic hydroxyl groups is 1. The molecular weight excluding hydrogens is 295 g/mol. The number of amides is 1. The first kappa shape index (κ1) is 15.5. The first-order valence-electron chi connectivity index (χ1n) is 7.60. The number of fused-ring (bicyclic) bond motifs is 1. The molecule has 1 unspecified atom stereocenters. The van der Waals surface area contributed by atoms with E-state index >= 15 is 0 Å². The molecule has 1 N–H and O–H groups in total. The molecular formula is C18H19FN2O2. The number of carbonyl (C=O) groups is 1. The SMILES string of the molecule is CN1CCN(C(=O)CC(O)c2ccccc2)c2ccc(F)cc21. The fraction of sp³-hybridized carbons (Fsp3) is 0.278. The number of rotatable bonds is 3. The summed E-state index contributed by atoms with van der Waals surface area (Å²) in [5.74, 6) is -0.489. The van der Waals surface area contributed by atoms with Crippen LogP contribution in [-0.4, -0.2) is 31.2 Å². The monoisotopic (exact) mass is 314 g/mol. The molecule has 1 atom stereocenters. The van der Waals surface area contributed by atoms with Crippen molar-refractivity contribution in [3.8, 4) is 0 Å². The fourth-order valence-corrected chi connectivity index (χ4v) is 2.85. The Morgan fingerprint density at radius 1 is 1.17 bits per heavy atom. The van der Waals surface area contributed by atoms with E-state index in [4.69, 9.17) is 0 Å². The second kappa shape index (κ2) is 6.38. The molecule has 0 bridgehead atoms. The number of aliphatic hydroxyl groups excluding tert-OH is 1. The summed E-state index contributed by atoms with van der Waals surface area (Å²) in [7, 11) is 1.87. The molecule has 1 aliphatic heterocycles. The summed E-state index contributed by atoms with van der Waals surface area (Å²) in [6.45, 7) is 1.15. The van der Waals surface area contributed by atoms with E-state index in [2.05, 4.69) is 0 Å².